The van der Waals surface area contributed by atoms with Crippen molar-refractivity contribution < 1.29 is 28.1 Å². The quantitative estimate of drug-likeness (QED) is 0.898. The molecule has 1 aromatic rings. The lowest BCUT2D eigenvalue weighted by atomic mass is 9.79. The molecule has 0 bridgehead atoms. The Hall–Kier alpha value is -1.27. The van der Waals surface area contributed by atoms with Gasteiger partial charge in [-0.05, 0) is 30.5 Å². The van der Waals surface area contributed by atoms with Crippen molar-refractivity contribution in [2.45, 2.75) is 56.6 Å². The van der Waals surface area contributed by atoms with Crippen LogP contribution >= 0.6 is 0 Å². The summed E-state index contributed by atoms with van der Waals surface area (Å²) in [5, 5.41) is 20.6. The van der Waals surface area contributed by atoms with Gasteiger partial charge < -0.3 is 14.9 Å². The maximum Gasteiger partial charge on any atom is 0.573 e. The van der Waals surface area contributed by atoms with E-state index in [0.29, 0.717) is 18.4 Å². The lowest BCUT2D eigenvalue weighted by molar-refractivity contribution is -0.274. The SMILES string of the molecule is OC(Cc1ccc(OC(F)(F)F)cc1)C1(O)CCCCC1. The van der Waals surface area contributed by atoms with Crippen molar-refractivity contribution >= 4 is 0 Å². The molecule has 1 aliphatic carbocycles. The Morgan fingerprint density at radius 2 is 1.67 bits per heavy atom. The summed E-state index contributed by atoms with van der Waals surface area (Å²) in [4.78, 5) is 0. The van der Waals surface area contributed by atoms with Crippen molar-refractivity contribution in [2.75, 3.05) is 0 Å². The second-order valence-corrected chi connectivity index (χ2v) is 5.58. The van der Waals surface area contributed by atoms with Crippen molar-refractivity contribution in [1.29, 1.82) is 0 Å². The molecule has 2 rings (SSSR count). The van der Waals surface area contributed by atoms with E-state index in [-0.39, 0.29) is 12.2 Å². The van der Waals surface area contributed by atoms with Gasteiger partial charge in [-0.1, -0.05) is 31.4 Å². The normalized spacial score (nSPS) is 20.0. The van der Waals surface area contributed by atoms with E-state index in [1.165, 1.54) is 24.3 Å². The van der Waals surface area contributed by atoms with Gasteiger partial charge in [0.25, 0.3) is 0 Å². The molecule has 1 unspecified atom stereocenters. The second-order valence-electron chi connectivity index (χ2n) is 5.58. The van der Waals surface area contributed by atoms with Crippen LogP contribution < -0.4 is 4.74 Å². The number of hydrogen-bond donors (Lipinski definition) is 2. The molecule has 1 fully saturated rings. The van der Waals surface area contributed by atoms with Gasteiger partial charge in [-0.2, -0.15) is 0 Å². The molecule has 1 aliphatic rings. The van der Waals surface area contributed by atoms with E-state index in [1.54, 1.807) is 0 Å². The van der Waals surface area contributed by atoms with E-state index in [0.717, 1.165) is 19.3 Å². The number of rotatable bonds is 4. The summed E-state index contributed by atoms with van der Waals surface area (Å²) < 4.78 is 39.9. The smallest absolute Gasteiger partial charge is 0.406 e. The van der Waals surface area contributed by atoms with Crippen LogP contribution in [0.25, 0.3) is 0 Å². The largest absolute Gasteiger partial charge is 0.573 e. The van der Waals surface area contributed by atoms with E-state index in [4.69, 9.17) is 0 Å². The average molecular weight is 304 g/mol. The zero-order valence-corrected chi connectivity index (χ0v) is 11.6. The van der Waals surface area contributed by atoms with Crippen LogP contribution in [-0.2, 0) is 6.42 Å². The first kappa shape index (κ1) is 16.1. The standard InChI is InChI=1S/C15H19F3O3/c16-15(17,18)21-12-6-4-11(5-7-12)10-13(19)14(20)8-2-1-3-9-14/h4-7,13,19-20H,1-3,8-10H2. The molecular formula is C15H19F3O3. The number of aliphatic hydroxyl groups excluding tert-OH is 1. The van der Waals surface area contributed by atoms with Gasteiger partial charge in [-0.3, -0.25) is 0 Å². The lowest BCUT2D eigenvalue weighted by Crippen LogP contribution is -2.45. The molecule has 6 heteroatoms. The summed E-state index contributed by atoms with van der Waals surface area (Å²) in [6, 6.07) is 5.36. The first-order valence-electron chi connectivity index (χ1n) is 7.04. The van der Waals surface area contributed by atoms with Gasteiger partial charge in [0.05, 0.1) is 11.7 Å². The van der Waals surface area contributed by atoms with Gasteiger partial charge in [-0.15, -0.1) is 13.2 Å². The molecule has 1 saturated carbocycles. The van der Waals surface area contributed by atoms with E-state index in [9.17, 15) is 23.4 Å². The summed E-state index contributed by atoms with van der Waals surface area (Å²) >= 11 is 0. The predicted octanol–water partition coefficient (Wildman–Crippen LogP) is 3.18. The minimum absolute atomic E-state index is 0.211. The molecule has 0 aliphatic heterocycles. The van der Waals surface area contributed by atoms with Crippen LogP contribution in [-0.4, -0.2) is 28.3 Å². The molecule has 0 radical (unpaired) electrons. The summed E-state index contributed by atoms with van der Waals surface area (Å²) in [6.07, 6.45) is -1.48. The minimum atomic E-state index is -4.71. The maximum atomic E-state index is 12.0. The van der Waals surface area contributed by atoms with Crippen molar-refractivity contribution in [2.24, 2.45) is 0 Å². The van der Waals surface area contributed by atoms with Gasteiger partial charge in [0.15, 0.2) is 0 Å². The third kappa shape index (κ3) is 4.61. The molecule has 0 saturated heterocycles. The first-order chi connectivity index (χ1) is 9.78. The van der Waals surface area contributed by atoms with Crippen molar-refractivity contribution in [3.63, 3.8) is 0 Å². The van der Waals surface area contributed by atoms with E-state index >= 15 is 0 Å². The van der Waals surface area contributed by atoms with Crippen LogP contribution in [0, 0.1) is 0 Å². The van der Waals surface area contributed by atoms with Crippen LogP contribution in [0.15, 0.2) is 24.3 Å². The number of hydrogen-bond acceptors (Lipinski definition) is 3. The van der Waals surface area contributed by atoms with Crippen LogP contribution in [0.5, 0.6) is 5.75 Å². The van der Waals surface area contributed by atoms with Gasteiger partial charge in [0.1, 0.15) is 5.75 Å². The molecule has 0 amide bonds. The van der Waals surface area contributed by atoms with Crippen molar-refractivity contribution in [3.05, 3.63) is 29.8 Å². The van der Waals surface area contributed by atoms with Gasteiger partial charge in [0.2, 0.25) is 0 Å². The fourth-order valence-corrected chi connectivity index (χ4v) is 2.74. The highest BCUT2D eigenvalue weighted by molar-refractivity contribution is 5.28. The molecule has 0 spiro atoms. The number of aliphatic hydroxyl groups is 2. The maximum absolute atomic E-state index is 12.0. The van der Waals surface area contributed by atoms with Gasteiger partial charge in [0, 0.05) is 6.42 Å². The molecule has 1 aromatic carbocycles. The number of alkyl halides is 3. The zero-order chi connectivity index (χ0) is 15.5. The summed E-state index contributed by atoms with van der Waals surface area (Å²) in [5.74, 6) is -0.294. The Labute approximate surface area is 121 Å². The van der Waals surface area contributed by atoms with Crippen molar-refractivity contribution in [1.82, 2.24) is 0 Å². The van der Waals surface area contributed by atoms with E-state index < -0.39 is 18.1 Å². The van der Waals surface area contributed by atoms with E-state index in [1.807, 2.05) is 0 Å². The number of ether oxygens (including phenoxy) is 1. The Bertz CT molecular complexity index is 450. The fourth-order valence-electron chi connectivity index (χ4n) is 2.74. The molecule has 1 atom stereocenters. The fraction of sp³-hybridized carbons (Fsp3) is 0.600. The molecule has 0 aromatic heterocycles. The Balaban J connectivity index is 1.96. The van der Waals surface area contributed by atoms with Crippen LogP contribution in [0.1, 0.15) is 37.7 Å². The first-order valence-corrected chi connectivity index (χ1v) is 7.04. The summed E-state index contributed by atoms with van der Waals surface area (Å²) in [5.41, 5.74) is -0.421. The third-order valence-corrected chi connectivity index (χ3v) is 3.93. The molecule has 0 heterocycles. The molecule has 21 heavy (non-hydrogen) atoms. The topological polar surface area (TPSA) is 49.7 Å². The Morgan fingerprint density at radius 3 is 2.19 bits per heavy atom. The minimum Gasteiger partial charge on any atom is -0.406 e. The molecule has 3 nitrogen and oxygen atoms in total. The molecular weight excluding hydrogens is 285 g/mol. The zero-order valence-electron chi connectivity index (χ0n) is 11.6. The summed E-state index contributed by atoms with van der Waals surface area (Å²) in [7, 11) is 0. The highest BCUT2D eigenvalue weighted by atomic mass is 19.4. The van der Waals surface area contributed by atoms with E-state index in [2.05, 4.69) is 4.74 Å². The Kier molecular flexibility index (Phi) is 4.78. The van der Waals surface area contributed by atoms with Gasteiger partial charge in [-0.25, -0.2) is 0 Å². The lowest BCUT2D eigenvalue weighted by Gasteiger charge is -2.36. The highest BCUT2D eigenvalue weighted by Gasteiger charge is 2.36. The van der Waals surface area contributed by atoms with Crippen molar-refractivity contribution in [3.8, 4) is 5.75 Å². The Morgan fingerprint density at radius 1 is 1.10 bits per heavy atom. The predicted molar refractivity (Wildman–Crippen MR) is 70.9 cm³/mol. The average Bonchev–Trinajstić information content (AvgIpc) is 2.40. The van der Waals surface area contributed by atoms with Crippen LogP contribution in [0.3, 0.4) is 0 Å². The summed E-state index contributed by atoms with van der Waals surface area (Å²) in [6.45, 7) is 0. The van der Waals surface area contributed by atoms with Crippen LogP contribution in [0.2, 0.25) is 0 Å². The third-order valence-electron chi connectivity index (χ3n) is 3.93. The number of benzene rings is 1. The van der Waals surface area contributed by atoms with Crippen LogP contribution in [0.4, 0.5) is 13.2 Å². The molecule has 2 N–H and O–H groups in total. The van der Waals surface area contributed by atoms with Gasteiger partial charge >= 0.3 is 6.36 Å². The number of halogens is 3. The molecule has 118 valence electrons. The monoisotopic (exact) mass is 304 g/mol. The highest BCUT2D eigenvalue weighted by Crippen LogP contribution is 2.32. The second kappa shape index (κ2) is 6.23.